The summed E-state index contributed by atoms with van der Waals surface area (Å²) in [6.07, 6.45) is 1.92. The Hall–Kier alpha value is -1.32. The molecule has 0 aromatic heterocycles. The molecule has 0 heterocycles. The number of halogens is 2. The van der Waals surface area contributed by atoms with Crippen LogP contribution in [-0.4, -0.2) is 7.38 Å². The van der Waals surface area contributed by atoms with E-state index in [1.807, 2.05) is 36.4 Å². The van der Waals surface area contributed by atoms with Crippen LogP contribution < -0.4 is 4.74 Å². The van der Waals surface area contributed by atoms with Gasteiger partial charge in [-0.2, -0.15) is 11.1 Å². The van der Waals surface area contributed by atoms with Gasteiger partial charge in [-0.15, -0.1) is 0 Å². The number of rotatable bonds is 6. The topological polar surface area (TPSA) is 9.23 Å². The number of benzene rings is 2. The van der Waals surface area contributed by atoms with Crippen LogP contribution in [0.3, 0.4) is 0 Å². The number of para-hydroxylation sites is 1. The number of hydrogen-bond donors (Lipinski definition) is 0. The van der Waals surface area contributed by atoms with Crippen LogP contribution in [0.4, 0.5) is 4.39 Å². The van der Waals surface area contributed by atoms with E-state index < -0.39 is 7.38 Å². The Morgan fingerprint density at radius 1 is 1.10 bits per heavy atom. The number of ether oxygens (including phenoxy) is 1. The highest BCUT2D eigenvalue weighted by Crippen LogP contribution is 2.26. The van der Waals surface area contributed by atoms with Gasteiger partial charge in [-0.05, 0) is 42.3 Å². The van der Waals surface area contributed by atoms with E-state index in [2.05, 4.69) is 13.1 Å². The zero-order chi connectivity index (χ0) is 15.3. The predicted octanol–water partition coefficient (Wildman–Crippen LogP) is 5.99. The van der Waals surface area contributed by atoms with Crippen LogP contribution in [0, 0.1) is 5.82 Å². The summed E-state index contributed by atoms with van der Waals surface area (Å²) in [5.41, 5.74) is 1.08. The first kappa shape index (κ1) is 16.1. The Kier molecular flexibility index (Phi) is 5.43. The van der Waals surface area contributed by atoms with Gasteiger partial charge in [0.15, 0.2) is 19.0 Å². The second-order valence-corrected chi connectivity index (χ2v) is 12.8. The van der Waals surface area contributed by atoms with Crippen molar-refractivity contribution in [3.63, 3.8) is 0 Å². The molecule has 2 aromatic carbocycles. The number of hydrogen-bond acceptors (Lipinski definition) is 1. The first-order valence-corrected chi connectivity index (χ1v) is 11.4. The normalized spacial score (nSPS) is 11.4. The Morgan fingerprint density at radius 3 is 2.48 bits per heavy atom. The second-order valence-electron chi connectivity index (χ2n) is 5.75. The fraction of sp³-hybridized carbons (Fsp3) is 0.294. The van der Waals surface area contributed by atoms with Crippen molar-refractivity contribution >= 4 is 18.5 Å². The maximum Gasteiger partial charge on any atom is 0.165 e. The van der Waals surface area contributed by atoms with Crippen molar-refractivity contribution in [3.8, 4) is 11.5 Å². The Morgan fingerprint density at radius 2 is 1.81 bits per heavy atom. The summed E-state index contributed by atoms with van der Waals surface area (Å²) in [7, 11) is -1.53. The molecule has 112 valence electrons. The van der Waals surface area contributed by atoms with E-state index in [1.165, 1.54) is 6.07 Å². The lowest BCUT2D eigenvalue weighted by atomic mass is 10.1. The third-order valence-corrected chi connectivity index (χ3v) is 5.31. The molecule has 0 radical (unpaired) electrons. The van der Waals surface area contributed by atoms with Gasteiger partial charge in [-0.1, -0.05) is 43.8 Å². The van der Waals surface area contributed by atoms with Gasteiger partial charge in [0.05, 0.1) is 0 Å². The molecular formula is C17H20ClFOSi. The summed E-state index contributed by atoms with van der Waals surface area (Å²) in [5, 5.41) is 0. The molecular weight excluding hydrogens is 303 g/mol. The van der Waals surface area contributed by atoms with Crippen molar-refractivity contribution in [3.05, 3.63) is 59.9 Å². The van der Waals surface area contributed by atoms with Gasteiger partial charge in [-0.3, -0.25) is 0 Å². The lowest BCUT2D eigenvalue weighted by Crippen LogP contribution is -2.15. The molecule has 0 spiro atoms. The van der Waals surface area contributed by atoms with Gasteiger partial charge in [-0.25, -0.2) is 4.39 Å². The van der Waals surface area contributed by atoms with Gasteiger partial charge < -0.3 is 4.74 Å². The zero-order valence-electron chi connectivity index (χ0n) is 12.4. The predicted molar refractivity (Wildman–Crippen MR) is 89.4 cm³/mol. The lowest BCUT2D eigenvalue weighted by Gasteiger charge is -2.13. The molecule has 0 aliphatic rings. The van der Waals surface area contributed by atoms with Crippen LogP contribution in [0.15, 0.2) is 48.5 Å². The minimum absolute atomic E-state index is 0.279. The van der Waals surface area contributed by atoms with Crippen molar-refractivity contribution in [1.29, 1.82) is 0 Å². The van der Waals surface area contributed by atoms with Crippen molar-refractivity contribution in [2.75, 3.05) is 0 Å². The highest BCUT2D eigenvalue weighted by molar-refractivity contribution is 7.19. The van der Waals surface area contributed by atoms with E-state index in [1.54, 1.807) is 6.07 Å². The molecule has 0 atom stereocenters. The maximum absolute atomic E-state index is 13.8. The lowest BCUT2D eigenvalue weighted by molar-refractivity contribution is 0.441. The van der Waals surface area contributed by atoms with E-state index in [9.17, 15) is 4.39 Å². The van der Waals surface area contributed by atoms with Crippen LogP contribution >= 0.6 is 11.1 Å². The van der Waals surface area contributed by atoms with Gasteiger partial charge in [0.1, 0.15) is 5.75 Å². The smallest absolute Gasteiger partial charge is 0.165 e. The molecule has 0 saturated carbocycles. The van der Waals surface area contributed by atoms with Crippen LogP contribution in [0.1, 0.15) is 12.0 Å². The van der Waals surface area contributed by atoms with Crippen molar-refractivity contribution in [2.24, 2.45) is 0 Å². The van der Waals surface area contributed by atoms with Crippen molar-refractivity contribution < 1.29 is 9.13 Å². The van der Waals surface area contributed by atoms with Crippen molar-refractivity contribution in [1.82, 2.24) is 0 Å². The summed E-state index contributed by atoms with van der Waals surface area (Å²) in [4.78, 5) is 0. The molecule has 2 aromatic rings. The minimum atomic E-state index is -1.53. The molecule has 0 bridgehead atoms. The fourth-order valence-corrected chi connectivity index (χ4v) is 3.53. The van der Waals surface area contributed by atoms with Crippen LogP contribution in [-0.2, 0) is 6.42 Å². The van der Waals surface area contributed by atoms with Crippen molar-refractivity contribution in [2.45, 2.75) is 32.0 Å². The van der Waals surface area contributed by atoms with E-state index in [0.717, 1.165) is 24.4 Å². The number of aryl methyl sites for hydroxylation is 1. The average Bonchev–Trinajstić information content (AvgIpc) is 2.42. The fourth-order valence-electron chi connectivity index (χ4n) is 2.11. The van der Waals surface area contributed by atoms with Crippen LogP contribution in [0.2, 0.25) is 19.1 Å². The molecule has 4 heteroatoms. The Balaban J connectivity index is 2.03. The third-order valence-electron chi connectivity index (χ3n) is 3.20. The first-order chi connectivity index (χ1) is 9.94. The quantitative estimate of drug-likeness (QED) is 0.468. The summed E-state index contributed by atoms with van der Waals surface area (Å²) in [5.74, 6) is 0.582. The zero-order valence-corrected chi connectivity index (χ0v) is 14.2. The average molecular weight is 323 g/mol. The van der Waals surface area contributed by atoms with Gasteiger partial charge in [0.25, 0.3) is 0 Å². The molecule has 21 heavy (non-hydrogen) atoms. The summed E-state index contributed by atoms with van der Waals surface area (Å²) in [6.45, 7) is 4.28. The Labute approximate surface area is 131 Å². The molecule has 0 N–H and O–H groups in total. The Bertz CT molecular complexity index is 581. The molecule has 0 aliphatic carbocycles. The molecule has 0 fully saturated rings. The SMILES string of the molecule is C[Si](C)(Cl)CCCc1ccc(F)c(Oc2ccccc2)c1. The van der Waals surface area contributed by atoms with E-state index in [-0.39, 0.29) is 11.6 Å². The maximum atomic E-state index is 13.8. The first-order valence-electron chi connectivity index (χ1n) is 7.14. The summed E-state index contributed by atoms with van der Waals surface area (Å²) in [6, 6.07) is 15.4. The monoisotopic (exact) mass is 322 g/mol. The third kappa shape index (κ3) is 5.52. The molecule has 0 amide bonds. The highest BCUT2D eigenvalue weighted by Gasteiger charge is 2.16. The summed E-state index contributed by atoms with van der Waals surface area (Å²) >= 11 is 6.32. The van der Waals surface area contributed by atoms with Gasteiger partial charge in [0, 0.05) is 0 Å². The standard InChI is InChI=1S/C17H20ClFOSi/c1-21(2,18)12-6-7-14-10-11-16(19)17(13-14)20-15-8-4-3-5-9-15/h3-5,8-11,13H,6-7,12H2,1-2H3. The molecule has 0 aliphatic heterocycles. The largest absolute Gasteiger partial charge is 0.454 e. The molecule has 1 nitrogen and oxygen atoms in total. The highest BCUT2D eigenvalue weighted by atomic mass is 35.6. The van der Waals surface area contributed by atoms with Gasteiger partial charge >= 0.3 is 0 Å². The van der Waals surface area contributed by atoms with E-state index >= 15 is 0 Å². The van der Waals surface area contributed by atoms with E-state index in [0.29, 0.717) is 5.75 Å². The summed E-state index contributed by atoms with van der Waals surface area (Å²) < 4.78 is 19.4. The molecule has 0 unspecified atom stereocenters. The van der Waals surface area contributed by atoms with E-state index in [4.69, 9.17) is 15.8 Å². The van der Waals surface area contributed by atoms with Crippen LogP contribution in [0.5, 0.6) is 11.5 Å². The molecule has 0 saturated heterocycles. The molecule has 2 rings (SSSR count). The minimum Gasteiger partial charge on any atom is -0.454 e. The second kappa shape index (κ2) is 7.10. The van der Waals surface area contributed by atoms with Gasteiger partial charge in [0.2, 0.25) is 0 Å². The van der Waals surface area contributed by atoms with Crippen LogP contribution in [0.25, 0.3) is 0 Å².